The zero-order chi connectivity index (χ0) is 12.6. The van der Waals surface area contributed by atoms with E-state index in [1.54, 1.807) is 6.92 Å². The number of nitrogens with one attached hydrogen (secondary N) is 1. The number of rotatable bonds is 7. The van der Waals surface area contributed by atoms with Crippen LogP contribution in [0.25, 0.3) is 0 Å². The van der Waals surface area contributed by atoms with Crippen LogP contribution in [0.3, 0.4) is 0 Å². The molecule has 0 bridgehead atoms. The summed E-state index contributed by atoms with van der Waals surface area (Å²) in [5.41, 5.74) is 5.40. The van der Waals surface area contributed by atoms with Crippen LogP contribution in [0.4, 0.5) is 0 Å². The predicted molar refractivity (Wildman–Crippen MR) is 54.5 cm³/mol. The van der Waals surface area contributed by atoms with Crippen molar-refractivity contribution in [1.29, 1.82) is 0 Å². The molecule has 16 heavy (non-hydrogen) atoms. The quantitative estimate of drug-likeness (QED) is 0.477. The molecule has 7 nitrogen and oxygen atoms in total. The summed E-state index contributed by atoms with van der Waals surface area (Å²) in [6.07, 6.45) is -0.155. The molecule has 1 amide bonds. The molecule has 92 valence electrons. The highest BCUT2D eigenvalue weighted by Gasteiger charge is 2.15. The number of amides is 1. The zero-order valence-electron chi connectivity index (χ0n) is 9.06. The highest BCUT2D eigenvalue weighted by molar-refractivity contribution is 5.85. The fourth-order valence-electron chi connectivity index (χ4n) is 0.912. The molecule has 7 heteroatoms. The van der Waals surface area contributed by atoms with Gasteiger partial charge < -0.3 is 20.9 Å². The Morgan fingerprint density at radius 3 is 2.56 bits per heavy atom. The highest BCUT2D eigenvalue weighted by atomic mass is 16.5. The van der Waals surface area contributed by atoms with Crippen molar-refractivity contribution in [1.82, 2.24) is 5.32 Å². The molecule has 0 aromatic heterocycles. The van der Waals surface area contributed by atoms with Gasteiger partial charge in [-0.15, -0.1) is 0 Å². The number of aliphatic carboxylic acids is 1. The van der Waals surface area contributed by atoms with Gasteiger partial charge in [-0.2, -0.15) is 0 Å². The van der Waals surface area contributed by atoms with E-state index < -0.39 is 23.9 Å². The maximum absolute atomic E-state index is 11.2. The van der Waals surface area contributed by atoms with E-state index in [9.17, 15) is 14.4 Å². The summed E-state index contributed by atoms with van der Waals surface area (Å²) >= 11 is 0. The van der Waals surface area contributed by atoms with Crippen LogP contribution in [-0.4, -0.2) is 42.1 Å². The van der Waals surface area contributed by atoms with Crippen LogP contribution in [0.15, 0.2) is 0 Å². The van der Waals surface area contributed by atoms with E-state index in [0.29, 0.717) is 0 Å². The normalized spacial score (nSPS) is 11.6. The molecule has 0 aliphatic heterocycles. The minimum Gasteiger partial charge on any atom is -0.481 e. The second-order valence-electron chi connectivity index (χ2n) is 3.06. The van der Waals surface area contributed by atoms with Gasteiger partial charge in [0, 0.05) is 6.42 Å². The first kappa shape index (κ1) is 14.4. The van der Waals surface area contributed by atoms with Crippen molar-refractivity contribution in [3.8, 4) is 0 Å². The van der Waals surface area contributed by atoms with Crippen molar-refractivity contribution in [2.75, 3.05) is 13.2 Å². The Bertz CT molecular complexity index is 267. The van der Waals surface area contributed by atoms with Gasteiger partial charge in [-0.25, -0.2) is 0 Å². The summed E-state index contributed by atoms with van der Waals surface area (Å²) in [5.74, 6) is -2.13. The highest BCUT2D eigenvalue weighted by Crippen LogP contribution is 1.94. The van der Waals surface area contributed by atoms with E-state index in [4.69, 9.17) is 10.8 Å². The van der Waals surface area contributed by atoms with Gasteiger partial charge in [0.1, 0.15) is 6.54 Å². The minimum atomic E-state index is -1.02. The zero-order valence-corrected chi connectivity index (χ0v) is 9.06. The molecule has 0 rings (SSSR count). The molecule has 1 atom stereocenters. The second-order valence-corrected chi connectivity index (χ2v) is 3.06. The fraction of sp³-hybridized carbons (Fsp3) is 0.667. The third-order valence-corrected chi connectivity index (χ3v) is 1.72. The van der Waals surface area contributed by atoms with Crippen molar-refractivity contribution in [3.63, 3.8) is 0 Å². The van der Waals surface area contributed by atoms with Crippen LogP contribution in [0.1, 0.15) is 19.8 Å². The van der Waals surface area contributed by atoms with Crippen LogP contribution < -0.4 is 11.1 Å². The number of carboxylic acid groups (broad SMARTS) is 1. The number of carbonyl (C=O) groups is 3. The summed E-state index contributed by atoms with van der Waals surface area (Å²) in [7, 11) is 0. The van der Waals surface area contributed by atoms with Gasteiger partial charge in [-0.1, -0.05) is 0 Å². The summed E-state index contributed by atoms with van der Waals surface area (Å²) < 4.78 is 4.58. The Morgan fingerprint density at radius 1 is 1.44 bits per heavy atom. The number of nitrogens with two attached hydrogens (primary N) is 1. The third kappa shape index (κ3) is 6.77. The standard InChI is InChI=1S/C9H16N2O5/c1-2-16-8(14)5-11-9(15)6(10)3-4-7(12)13/h6H,2-5,10H2,1H3,(H,11,15)(H,12,13). The molecular formula is C9H16N2O5. The molecule has 0 aliphatic carbocycles. The lowest BCUT2D eigenvalue weighted by Crippen LogP contribution is -2.43. The van der Waals surface area contributed by atoms with Crippen molar-refractivity contribution in [2.45, 2.75) is 25.8 Å². The number of ether oxygens (including phenoxy) is 1. The lowest BCUT2D eigenvalue weighted by molar-refractivity contribution is -0.143. The Kier molecular flexibility index (Phi) is 6.86. The number of esters is 1. The lowest BCUT2D eigenvalue weighted by atomic mass is 10.1. The van der Waals surface area contributed by atoms with Crippen molar-refractivity contribution in [2.24, 2.45) is 5.73 Å². The Balaban J connectivity index is 3.78. The van der Waals surface area contributed by atoms with Gasteiger partial charge in [0.15, 0.2) is 0 Å². The van der Waals surface area contributed by atoms with Gasteiger partial charge in [-0.05, 0) is 13.3 Å². The molecule has 0 radical (unpaired) electrons. The van der Waals surface area contributed by atoms with E-state index in [2.05, 4.69) is 10.1 Å². The van der Waals surface area contributed by atoms with E-state index in [-0.39, 0.29) is 26.0 Å². The van der Waals surface area contributed by atoms with E-state index in [1.165, 1.54) is 0 Å². The second kappa shape index (κ2) is 7.63. The van der Waals surface area contributed by atoms with Gasteiger partial charge in [0.2, 0.25) is 5.91 Å². The average Bonchev–Trinajstić information content (AvgIpc) is 2.22. The predicted octanol–water partition coefficient (Wildman–Crippen LogP) is -1.14. The first-order valence-corrected chi connectivity index (χ1v) is 4.88. The van der Waals surface area contributed by atoms with E-state index in [0.717, 1.165) is 0 Å². The summed E-state index contributed by atoms with van der Waals surface area (Å²) in [5, 5.41) is 10.6. The topological polar surface area (TPSA) is 119 Å². The summed E-state index contributed by atoms with van der Waals surface area (Å²) in [6, 6.07) is -0.925. The molecule has 4 N–H and O–H groups in total. The Morgan fingerprint density at radius 2 is 2.06 bits per heavy atom. The van der Waals surface area contributed by atoms with Crippen LogP contribution in [0, 0.1) is 0 Å². The van der Waals surface area contributed by atoms with E-state index >= 15 is 0 Å². The minimum absolute atomic E-state index is 0.0317. The monoisotopic (exact) mass is 232 g/mol. The number of hydrogen-bond acceptors (Lipinski definition) is 5. The first-order chi connectivity index (χ1) is 7.47. The van der Waals surface area contributed by atoms with Crippen molar-refractivity contribution in [3.05, 3.63) is 0 Å². The fourth-order valence-corrected chi connectivity index (χ4v) is 0.912. The van der Waals surface area contributed by atoms with Crippen LogP contribution >= 0.6 is 0 Å². The molecular weight excluding hydrogens is 216 g/mol. The SMILES string of the molecule is CCOC(=O)CNC(=O)C(N)CCC(=O)O. The lowest BCUT2D eigenvalue weighted by Gasteiger charge is -2.10. The molecule has 0 aromatic rings. The maximum atomic E-state index is 11.2. The molecule has 1 unspecified atom stereocenters. The Hall–Kier alpha value is -1.63. The van der Waals surface area contributed by atoms with Gasteiger partial charge in [-0.3, -0.25) is 14.4 Å². The smallest absolute Gasteiger partial charge is 0.325 e. The maximum Gasteiger partial charge on any atom is 0.325 e. The van der Waals surface area contributed by atoms with Gasteiger partial charge in [0.25, 0.3) is 0 Å². The van der Waals surface area contributed by atoms with Crippen molar-refractivity contribution >= 4 is 17.8 Å². The largest absolute Gasteiger partial charge is 0.481 e. The number of carboxylic acids is 1. The van der Waals surface area contributed by atoms with Crippen LogP contribution in [0.5, 0.6) is 0 Å². The number of carbonyl (C=O) groups excluding carboxylic acids is 2. The van der Waals surface area contributed by atoms with Crippen molar-refractivity contribution < 1.29 is 24.2 Å². The molecule has 0 saturated carbocycles. The van der Waals surface area contributed by atoms with Gasteiger partial charge >= 0.3 is 11.9 Å². The molecule has 0 aromatic carbocycles. The van der Waals surface area contributed by atoms with Gasteiger partial charge in [0.05, 0.1) is 12.6 Å². The summed E-state index contributed by atoms with van der Waals surface area (Å²) in [4.78, 5) is 32.3. The third-order valence-electron chi connectivity index (χ3n) is 1.72. The molecule has 0 spiro atoms. The number of hydrogen-bond donors (Lipinski definition) is 3. The van der Waals surface area contributed by atoms with Crippen LogP contribution in [-0.2, 0) is 19.1 Å². The molecule has 0 aliphatic rings. The molecule has 0 saturated heterocycles. The van der Waals surface area contributed by atoms with Crippen LogP contribution in [0.2, 0.25) is 0 Å². The van der Waals surface area contributed by atoms with E-state index in [1.807, 2.05) is 0 Å². The average molecular weight is 232 g/mol. The summed E-state index contributed by atoms with van der Waals surface area (Å²) in [6.45, 7) is 1.63. The molecule has 0 fully saturated rings. The molecule has 0 heterocycles. The Labute approximate surface area is 92.9 Å². The first-order valence-electron chi connectivity index (χ1n) is 4.88.